The summed E-state index contributed by atoms with van der Waals surface area (Å²) in [5.41, 5.74) is 6.41. The van der Waals surface area contributed by atoms with Gasteiger partial charge in [-0.15, -0.1) is 0 Å². The Morgan fingerprint density at radius 1 is 0.882 bits per heavy atom. The minimum Gasteiger partial charge on any atom is -0.543 e. The van der Waals surface area contributed by atoms with Crippen LogP contribution >= 0.6 is 0 Å². The van der Waals surface area contributed by atoms with Crippen LogP contribution in [0.3, 0.4) is 0 Å². The van der Waals surface area contributed by atoms with Crippen molar-refractivity contribution < 1.29 is 39.6 Å². The lowest BCUT2D eigenvalue weighted by atomic mass is 9.89. The average molecular weight is 468 g/mol. The summed E-state index contributed by atoms with van der Waals surface area (Å²) in [5, 5.41) is 35.7. The van der Waals surface area contributed by atoms with E-state index in [2.05, 4.69) is 74.4 Å². The number of hydrogen-bond donors (Lipinski definition) is 0. The highest BCUT2D eigenvalue weighted by molar-refractivity contribution is 6.25. The normalized spacial score (nSPS) is 13.8. The van der Waals surface area contributed by atoms with Crippen molar-refractivity contribution in [3.8, 4) is 0 Å². The molecule has 1 heterocycles. The van der Waals surface area contributed by atoms with Crippen molar-refractivity contribution in [2.45, 2.75) is 25.8 Å². The van der Waals surface area contributed by atoms with Crippen LogP contribution in [0, 0.1) is 6.92 Å². The maximum atomic E-state index is 8.93. The Morgan fingerprint density at radius 3 is 1.94 bits per heavy atom. The largest absolute Gasteiger partial charge is 0.543 e. The van der Waals surface area contributed by atoms with Crippen LogP contribution in [-0.4, -0.2) is 61.2 Å². The van der Waals surface area contributed by atoms with Gasteiger partial charge in [0.2, 0.25) is 0 Å². The zero-order valence-corrected chi connectivity index (χ0v) is 19.0. The van der Waals surface area contributed by atoms with Crippen molar-refractivity contribution in [3.63, 3.8) is 0 Å². The number of carboxylic acid groups (broad SMARTS) is 4. The van der Waals surface area contributed by atoms with E-state index in [1.54, 1.807) is 0 Å². The second-order valence-electron chi connectivity index (χ2n) is 7.60. The molecule has 182 valence electrons. The van der Waals surface area contributed by atoms with Gasteiger partial charge in [-0.25, -0.2) is 0 Å². The molecule has 10 nitrogen and oxygen atoms in total. The number of aliphatic carboxylic acids is 4. The molecular weight excluding hydrogens is 444 g/mol. The van der Waals surface area contributed by atoms with Crippen molar-refractivity contribution in [3.05, 3.63) is 70.8 Å². The highest BCUT2D eigenvalue weighted by Gasteiger charge is 2.21. The van der Waals surface area contributed by atoms with Crippen LogP contribution < -0.4 is 20.4 Å². The first kappa shape index (κ1) is 28.0. The summed E-state index contributed by atoms with van der Waals surface area (Å²) in [4.78, 5) is 43.0. The molecule has 3 rings (SSSR count). The molecular formula is C24H24N2O8-4. The third-order valence-electron chi connectivity index (χ3n) is 4.57. The van der Waals surface area contributed by atoms with Crippen molar-refractivity contribution in [2.75, 3.05) is 20.6 Å². The third kappa shape index (κ3) is 9.61. The fourth-order valence-electron chi connectivity index (χ4n) is 3.08. The van der Waals surface area contributed by atoms with Gasteiger partial charge in [0.05, 0.1) is 35.6 Å². The molecule has 1 unspecified atom stereocenters. The Balaban J connectivity index is 0.000000401. The van der Waals surface area contributed by atoms with Gasteiger partial charge in [0.15, 0.2) is 0 Å². The Bertz CT molecular complexity index is 1010. The minimum absolute atomic E-state index is 0.382. The van der Waals surface area contributed by atoms with Gasteiger partial charge in [-0.2, -0.15) is 0 Å². The molecule has 10 heteroatoms. The molecule has 1 atom stereocenters. The zero-order chi connectivity index (χ0) is 25.8. The van der Waals surface area contributed by atoms with Crippen molar-refractivity contribution >= 4 is 29.6 Å². The van der Waals surface area contributed by atoms with Gasteiger partial charge in [-0.3, -0.25) is 4.99 Å². The number of aliphatic imine (C=N–C) groups is 1. The molecule has 2 aromatic rings. The molecule has 0 bridgehead atoms. The number of carboxylic acids is 4. The predicted molar refractivity (Wildman–Crippen MR) is 114 cm³/mol. The maximum absolute atomic E-state index is 8.93. The van der Waals surface area contributed by atoms with E-state index in [4.69, 9.17) is 44.6 Å². The van der Waals surface area contributed by atoms with Crippen molar-refractivity contribution in [2.24, 2.45) is 4.99 Å². The molecule has 34 heavy (non-hydrogen) atoms. The topological polar surface area (TPSA) is 176 Å². The fraction of sp³-hybridized carbons (Fsp3) is 0.292. The van der Waals surface area contributed by atoms with Gasteiger partial charge in [0.25, 0.3) is 0 Å². The molecule has 0 N–H and O–H groups in total. The summed E-state index contributed by atoms with van der Waals surface area (Å²) in [6.45, 7) is 3.22. The van der Waals surface area contributed by atoms with Crippen LogP contribution in [0.2, 0.25) is 0 Å². The molecule has 2 aromatic carbocycles. The van der Waals surface area contributed by atoms with Gasteiger partial charge >= 0.3 is 0 Å². The highest BCUT2D eigenvalue weighted by Crippen LogP contribution is 2.25. The van der Waals surface area contributed by atoms with Gasteiger partial charge in [0.1, 0.15) is 0 Å². The molecule has 0 radical (unpaired) electrons. The van der Waals surface area contributed by atoms with Crippen LogP contribution in [0.5, 0.6) is 0 Å². The van der Waals surface area contributed by atoms with Gasteiger partial charge in [-0.05, 0) is 52.0 Å². The fourth-order valence-corrected chi connectivity index (χ4v) is 3.08. The SMILES string of the molecule is Cc1cccc(C2=NC(CCN(C)C)Cc3ccccc32)c1.O=C([O-])C(=O)[O-].O=C([O-])C(=O)[O-]. The monoisotopic (exact) mass is 468 g/mol. The van der Waals surface area contributed by atoms with E-state index < -0.39 is 23.9 Å². The Morgan fingerprint density at radius 2 is 1.44 bits per heavy atom. The quantitative estimate of drug-likeness (QED) is 0.416. The van der Waals surface area contributed by atoms with Crippen LogP contribution in [0.25, 0.3) is 0 Å². The summed E-state index contributed by atoms with van der Waals surface area (Å²) >= 11 is 0. The summed E-state index contributed by atoms with van der Waals surface area (Å²) in [5.74, 6) is -8.74. The lowest BCUT2D eigenvalue weighted by Gasteiger charge is -2.25. The predicted octanol–water partition coefficient (Wildman–Crippen LogP) is -3.32. The van der Waals surface area contributed by atoms with Crippen molar-refractivity contribution in [1.82, 2.24) is 4.90 Å². The standard InChI is InChI=1S/C20H24N2.2C2H2O4/c1-15-7-6-9-17(13-15)20-19-10-5-4-8-16(19)14-18(21-20)11-12-22(2)3;2*3-1(4)2(5)6/h4-10,13,18H,11-12,14H2,1-3H3;2*(H,3,4)(H,5,6)/p-4. The molecule has 0 fully saturated rings. The van der Waals surface area contributed by atoms with E-state index >= 15 is 0 Å². The van der Waals surface area contributed by atoms with Gasteiger partial charge in [0, 0.05) is 11.1 Å². The number of aryl methyl sites for hydroxylation is 1. The number of carbonyl (C=O) groups excluding carboxylic acids is 4. The molecule has 1 aliphatic heterocycles. The van der Waals surface area contributed by atoms with E-state index in [1.165, 1.54) is 22.3 Å². The first-order valence-electron chi connectivity index (χ1n) is 10.1. The van der Waals surface area contributed by atoms with Gasteiger partial charge < -0.3 is 44.5 Å². The summed E-state index contributed by atoms with van der Waals surface area (Å²) in [6.07, 6.45) is 2.16. The lowest BCUT2D eigenvalue weighted by Crippen LogP contribution is -2.42. The van der Waals surface area contributed by atoms with Crippen LogP contribution in [0.1, 0.15) is 28.7 Å². The minimum atomic E-state index is -2.19. The smallest absolute Gasteiger partial charge is 0.0870 e. The molecule has 0 spiro atoms. The third-order valence-corrected chi connectivity index (χ3v) is 4.57. The summed E-state index contributed by atoms with van der Waals surface area (Å²) in [7, 11) is 4.25. The number of fused-ring (bicyclic) bond motifs is 1. The number of hydrogen-bond acceptors (Lipinski definition) is 10. The Labute approximate surface area is 196 Å². The van der Waals surface area contributed by atoms with E-state index in [9.17, 15) is 0 Å². The highest BCUT2D eigenvalue weighted by atomic mass is 16.4. The molecule has 0 saturated carbocycles. The molecule has 1 aliphatic rings. The van der Waals surface area contributed by atoms with Crippen molar-refractivity contribution in [1.29, 1.82) is 0 Å². The maximum Gasteiger partial charge on any atom is 0.0870 e. The Kier molecular flexibility index (Phi) is 11.1. The second kappa shape index (κ2) is 13.5. The van der Waals surface area contributed by atoms with E-state index in [0.717, 1.165) is 25.1 Å². The second-order valence-corrected chi connectivity index (χ2v) is 7.60. The lowest BCUT2D eigenvalue weighted by molar-refractivity contribution is -0.345. The molecule has 0 aromatic heterocycles. The zero-order valence-electron chi connectivity index (χ0n) is 19.0. The van der Waals surface area contributed by atoms with Crippen LogP contribution in [-0.2, 0) is 25.6 Å². The summed E-state index contributed by atoms with van der Waals surface area (Å²) in [6, 6.07) is 17.8. The molecule has 0 aliphatic carbocycles. The van der Waals surface area contributed by atoms with Gasteiger partial charge in [-0.1, -0.05) is 48.0 Å². The number of carbonyl (C=O) groups is 4. The summed E-state index contributed by atoms with van der Waals surface area (Å²) < 4.78 is 0. The van der Waals surface area contributed by atoms with Crippen LogP contribution in [0.15, 0.2) is 53.5 Å². The first-order chi connectivity index (χ1) is 15.9. The van der Waals surface area contributed by atoms with E-state index in [0.29, 0.717) is 6.04 Å². The number of nitrogens with zero attached hydrogens (tertiary/aromatic N) is 2. The average Bonchev–Trinajstić information content (AvgIpc) is 2.77. The van der Waals surface area contributed by atoms with Crippen LogP contribution in [0.4, 0.5) is 0 Å². The van der Waals surface area contributed by atoms with E-state index in [-0.39, 0.29) is 0 Å². The molecule has 0 saturated heterocycles. The number of rotatable bonds is 4. The first-order valence-corrected chi connectivity index (χ1v) is 10.1. The van der Waals surface area contributed by atoms with E-state index in [1.807, 2.05) is 0 Å². The number of benzene rings is 2. The Hall–Kier alpha value is -4.05. The molecule has 0 amide bonds.